The topological polar surface area (TPSA) is 88.1 Å². The molecule has 0 spiro atoms. The van der Waals surface area contributed by atoms with Crippen LogP contribution in [0.1, 0.15) is 25.5 Å². The van der Waals surface area contributed by atoms with E-state index in [1.807, 2.05) is 0 Å². The standard InChI is InChI=1S/C11H15N5O2/c1-17-11-14-9(12)7-6-13-16(10(7)15-11)8-4-2-3-5-18-8/h6,8H,2-5H2,1H3,(H2,12,14,15). The molecule has 0 radical (unpaired) electrons. The molecule has 0 aliphatic carbocycles. The average molecular weight is 249 g/mol. The zero-order valence-electron chi connectivity index (χ0n) is 10.2. The first kappa shape index (κ1) is 11.2. The summed E-state index contributed by atoms with van der Waals surface area (Å²) in [5.41, 5.74) is 6.51. The highest BCUT2D eigenvalue weighted by atomic mass is 16.5. The maximum atomic E-state index is 5.85. The van der Waals surface area contributed by atoms with Crippen LogP contribution in [-0.2, 0) is 4.74 Å². The Morgan fingerprint density at radius 2 is 2.33 bits per heavy atom. The van der Waals surface area contributed by atoms with Crippen molar-refractivity contribution >= 4 is 16.9 Å². The van der Waals surface area contributed by atoms with Crippen LogP contribution in [-0.4, -0.2) is 33.5 Å². The number of anilines is 1. The lowest BCUT2D eigenvalue weighted by Crippen LogP contribution is -2.19. The second-order valence-electron chi connectivity index (χ2n) is 4.24. The van der Waals surface area contributed by atoms with Gasteiger partial charge in [0.2, 0.25) is 0 Å². The molecule has 2 aromatic rings. The smallest absolute Gasteiger partial charge is 0.320 e. The summed E-state index contributed by atoms with van der Waals surface area (Å²) in [6.45, 7) is 0.754. The van der Waals surface area contributed by atoms with Gasteiger partial charge in [-0.3, -0.25) is 0 Å². The highest BCUT2D eigenvalue weighted by molar-refractivity contribution is 5.85. The highest BCUT2D eigenvalue weighted by Gasteiger charge is 2.21. The van der Waals surface area contributed by atoms with Crippen LogP contribution >= 0.6 is 0 Å². The molecule has 1 unspecified atom stereocenters. The van der Waals surface area contributed by atoms with Crippen LogP contribution in [0, 0.1) is 0 Å². The number of nitrogen functional groups attached to an aromatic ring is 1. The second-order valence-corrected chi connectivity index (χ2v) is 4.24. The molecule has 3 heterocycles. The van der Waals surface area contributed by atoms with Crippen molar-refractivity contribution in [1.82, 2.24) is 19.7 Å². The van der Waals surface area contributed by atoms with E-state index in [9.17, 15) is 0 Å². The van der Waals surface area contributed by atoms with Crippen LogP contribution < -0.4 is 10.5 Å². The molecule has 3 rings (SSSR count). The van der Waals surface area contributed by atoms with E-state index in [1.165, 1.54) is 7.11 Å². The zero-order chi connectivity index (χ0) is 12.5. The van der Waals surface area contributed by atoms with Crippen molar-refractivity contribution in [2.45, 2.75) is 25.5 Å². The lowest BCUT2D eigenvalue weighted by atomic mass is 10.2. The molecule has 1 saturated heterocycles. The predicted molar refractivity (Wildman–Crippen MR) is 65.1 cm³/mol. The number of hydrogen-bond donors (Lipinski definition) is 1. The van der Waals surface area contributed by atoms with E-state index in [-0.39, 0.29) is 12.2 Å². The van der Waals surface area contributed by atoms with Gasteiger partial charge in [-0.1, -0.05) is 0 Å². The molecule has 1 atom stereocenters. The minimum absolute atomic E-state index is 0.0738. The van der Waals surface area contributed by atoms with Crippen LogP contribution in [0.15, 0.2) is 6.20 Å². The Kier molecular flexibility index (Phi) is 2.75. The summed E-state index contributed by atoms with van der Waals surface area (Å²) >= 11 is 0. The molecule has 0 bridgehead atoms. The molecule has 1 fully saturated rings. The SMILES string of the molecule is COc1nc(N)c2cnn(C3CCCCO3)c2n1. The minimum Gasteiger partial charge on any atom is -0.467 e. The first-order valence-electron chi connectivity index (χ1n) is 5.96. The summed E-state index contributed by atoms with van der Waals surface area (Å²) in [6, 6.07) is 0.248. The third-order valence-electron chi connectivity index (χ3n) is 3.07. The van der Waals surface area contributed by atoms with Gasteiger partial charge in [-0.15, -0.1) is 0 Å². The number of nitrogens with two attached hydrogens (primary N) is 1. The van der Waals surface area contributed by atoms with Crippen LogP contribution in [0.2, 0.25) is 0 Å². The molecule has 1 aliphatic heterocycles. The molecule has 7 nitrogen and oxygen atoms in total. The van der Waals surface area contributed by atoms with E-state index in [2.05, 4.69) is 15.1 Å². The summed E-state index contributed by atoms with van der Waals surface area (Å²) in [6.07, 6.45) is 4.75. The van der Waals surface area contributed by atoms with E-state index in [4.69, 9.17) is 15.2 Å². The van der Waals surface area contributed by atoms with E-state index in [0.29, 0.717) is 11.5 Å². The Morgan fingerprint density at radius 1 is 1.44 bits per heavy atom. The van der Waals surface area contributed by atoms with Gasteiger partial charge in [-0.05, 0) is 19.3 Å². The number of nitrogens with zero attached hydrogens (tertiary/aromatic N) is 4. The molecule has 0 amide bonds. The number of rotatable bonds is 2. The van der Waals surface area contributed by atoms with E-state index >= 15 is 0 Å². The largest absolute Gasteiger partial charge is 0.467 e. The van der Waals surface area contributed by atoms with Gasteiger partial charge in [0.25, 0.3) is 0 Å². The van der Waals surface area contributed by atoms with E-state index in [1.54, 1.807) is 10.9 Å². The second kappa shape index (κ2) is 4.41. The van der Waals surface area contributed by atoms with Gasteiger partial charge in [0, 0.05) is 6.61 Å². The minimum atomic E-state index is -0.0738. The quantitative estimate of drug-likeness (QED) is 0.857. The van der Waals surface area contributed by atoms with Crippen molar-refractivity contribution in [2.24, 2.45) is 0 Å². The summed E-state index contributed by atoms with van der Waals surface area (Å²) in [7, 11) is 1.51. The Labute approximate surface area is 104 Å². The van der Waals surface area contributed by atoms with E-state index in [0.717, 1.165) is 31.3 Å². The lowest BCUT2D eigenvalue weighted by Gasteiger charge is -2.22. The molecule has 96 valence electrons. The number of aromatic nitrogens is 4. The van der Waals surface area contributed by atoms with Crippen molar-refractivity contribution in [2.75, 3.05) is 19.5 Å². The molecule has 0 aromatic carbocycles. The van der Waals surface area contributed by atoms with Crippen LogP contribution in [0.5, 0.6) is 6.01 Å². The Bertz CT molecular complexity index is 562. The fraction of sp³-hybridized carbons (Fsp3) is 0.545. The number of ether oxygens (including phenoxy) is 2. The van der Waals surface area contributed by atoms with Gasteiger partial charge in [-0.2, -0.15) is 15.1 Å². The van der Waals surface area contributed by atoms with Gasteiger partial charge in [0.05, 0.1) is 18.7 Å². The van der Waals surface area contributed by atoms with Crippen LogP contribution in [0.3, 0.4) is 0 Å². The number of fused-ring (bicyclic) bond motifs is 1. The summed E-state index contributed by atoms with van der Waals surface area (Å²) in [4.78, 5) is 8.33. The third kappa shape index (κ3) is 1.76. The van der Waals surface area contributed by atoms with Crippen molar-refractivity contribution in [1.29, 1.82) is 0 Å². The van der Waals surface area contributed by atoms with Crippen molar-refractivity contribution in [3.05, 3.63) is 6.20 Å². The summed E-state index contributed by atoms with van der Waals surface area (Å²) in [5.74, 6) is 0.374. The predicted octanol–water partition coefficient (Wildman–Crippen LogP) is 1.12. The first-order valence-corrected chi connectivity index (χ1v) is 5.96. The molecule has 2 N–H and O–H groups in total. The third-order valence-corrected chi connectivity index (χ3v) is 3.07. The van der Waals surface area contributed by atoms with Gasteiger partial charge in [0.15, 0.2) is 11.9 Å². The average Bonchev–Trinajstić information content (AvgIpc) is 2.84. The molecule has 1 aliphatic rings. The van der Waals surface area contributed by atoms with Crippen molar-refractivity contribution in [3.8, 4) is 6.01 Å². The van der Waals surface area contributed by atoms with Gasteiger partial charge in [-0.25, -0.2) is 4.68 Å². The zero-order valence-corrected chi connectivity index (χ0v) is 10.2. The van der Waals surface area contributed by atoms with Crippen LogP contribution in [0.25, 0.3) is 11.0 Å². The summed E-state index contributed by atoms with van der Waals surface area (Å²) in [5, 5.41) is 5.04. The lowest BCUT2D eigenvalue weighted by molar-refractivity contribution is -0.0370. The Morgan fingerprint density at radius 3 is 3.06 bits per heavy atom. The molecular weight excluding hydrogens is 234 g/mol. The molecule has 0 saturated carbocycles. The molecule has 7 heteroatoms. The monoisotopic (exact) mass is 249 g/mol. The Hall–Kier alpha value is -1.89. The fourth-order valence-corrected chi connectivity index (χ4v) is 2.15. The highest BCUT2D eigenvalue weighted by Crippen LogP contribution is 2.27. The Balaban J connectivity index is 2.09. The van der Waals surface area contributed by atoms with Crippen molar-refractivity contribution in [3.63, 3.8) is 0 Å². The normalized spacial score (nSPS) is 20.2. The van der Waals surface area contributed by atoms with Gasteiger partial charge in [0.1, 0.15) is 5.82 Å². The van der Waals surface area contributed by atoms with Gasteiger partial charge < -0.3 is 15.2 Å². The van der Waals surface area contributed by atoms with E-state index < -0.39 is 0 Å². The summed E-state index contributed by atoms with van der Waals surface area (Å²) < 4.78 is 12.5. The fourth-order valence-electron chi connectivity index (χ4n) is 2.15. The number of methoxy groups -OCH3 is 1. The number of hydrogen-bond acceptors (Lipinski definition) is 6. The van der Waals surface area contributed by atoms with Gasteiger partial charge >= 0.3 is 6.01 Å². The molecule has 18 heavy (non-hydrogen) atoms. The van der Waals surface area contributed by atoms with Crippen molar-refractivity contribution < 1.29 is 9.47 Å². The molecular formula is C11H15N5O2. The first-order chi connectivity index (χ1) is 8.79. The maximum absolute atomic E-state index is 5.85. The molecule has 2 aromatic heterocycles. The van der Waals surface area contributed by atoms with Crippen LogP contribution in [0.4, 0.5) is 5.82 Å². The maximum Gasteiger partial charge on any atom is 0.320 e.